The Morgan fingerprint density at radius 1 is 1.00 bits per heavy atom. The van der Waals surface area contributed by atoms with E-state index in [0.29, 0.717) is 16.8 Å². The molecule has 1 aromatic heterocycles. The molecule has 3 rings (SSSR count). The van der Waals surface area contributed by atoms with E-state index in [2.05, 4.69) is 9.71 Å². The predicted octanol–water partition coefficient (Wildman–Crippen LogP) is 1.25. The summed E-state index contributed by atoms with van der Waals surface area (Å²) in [5.74, 6) is -0.621. The van der Waals surface area contributed by atoms with E-state index in [1.54, 1.807) is 36.4 Å². The second kappa shape index (κ2) is 5.47. The largest absolute Gasteiger partial charge is 0.269 e. The maximum absolute atomic E-state index is 12.3. The summed E-state index contributed by atoms with van der Waals surface area (Å²) in [6, 6.07) is 11.3. The van der Waals surface area contributed by atoms with E-state index in [4.69, 9.17) is 0 Å². The molecule has 2 amide bonds. The number of hydrogen-bond acceptors (Lipinski definition) is 5. The van der Waals surface area contributed by atoms with Crippen LogP contribution < -0.4 is 4.72 Å². The molecule has 0 atom stereocenters. The van der Waals surface area contributed by atoms with Crippen LogP contribution in [0.2, 0.25) is 0 Å². The number of anilines is 1. The van der Waals surface area contributed by atoms with Crippen LogP contribution in [0.3, 0.4) is 0 Å². The third-order valence-electron chi connectivity index (χ3n) is 3.30. The van der Waals surface area contributed by atoms with Gasteiger partial charge in [0.05, 0.1) is 29.6 Å². The lowest BCUT2D eigenvalue weighted by atomic mass is 10.1. The molecule has 0 bridgehead atoms. The van der Waals surface area contributed by atoms with Gasteiger partial charge < -0.3 is 0 Å². The van der Waals surface area contributed by atoms with Crippen molar-refractivity contribution >= 4 is 27.7 Å². The minimum Gasteiger partial charge on any atom is -0.269 e. The number of carbonyl (C=O) groups is 2. The van der Waals surface area contributed by atoms with Crippen LogP contribution in [0.1, 0.15) is 26.4 Å². The summed E-state index contributed by atoms with van der Waals surface area (Å²) in [6.45, 7) is -0.0222. The lowest BCUT2D eigenvalue weighted by Crippen LogP contribution is -2.29. The van der Waals surface area contributed by atoms with Crippen LogP contribution in [-0.2, 0) is 16.6 Å². The number of nitrogens with zero attached hydrogens (tertiary/aromatic N) is 2. The number of benzene rings is 1. The molecule has 0 saturated heterocycles. The van der Waals surface area contributed by atoms with Crippen molar-refractivity contribution < 1.29 is 18.0 Å². The summed E-state index contributed by atoms with van der Waals surface area (Å²) in [5.41, 5.74) is 1.14. The Balaban J connectivity index is 1.85. The van der Waals surface area contributed by atoms with Gasteiger partial charge in [-0.15, -0.1) is 0 Å². The molecular formula is C15H13N3O4S. The lowest BCUT2D eigenvalue weighted by Gasteiger charge is -2.14. The SMILES string of the molecule is CS(=O)(=O)Nc1cccc(CN2C(=O)c3ccccc3C2=O)n1. The number of aromatic nitrogens is 1. The summed E-state index contributed by atoms with van der Waals surface area (Å²) in [4.78, 5) is 29.8. The predicted molar refractivity (Wildman–Crippen MR) is 83.3 cm³/mol. The van der Waals surface area contributed by atoms with Gasteiger partial charge in [-0.2, -0.15) is 0 Å². The van der Waals surface area contributed by atoms with Gasteiger partial charge in [-0.25, -0.2) is 13.4 Å². The molecule has 2 aromatic rings. The van der Waals surface area contributed by atoms with E-state index >= 15 is 0 Å². The first-order chi connectivity index (χ1) is 10.8. The van der Waals surface area contributed by atoms with Gasteiger partial charge in [-0.05, 0) is 24.3 Å². The van der Waals surface area contributed by atoms with E-state index in [1.165, 1.54) is 6.07 Å². The van der Waals surface area contributed by atoms with Gasteiger partial charge in [0.25, 0.3) is 11.8 Å². The van der Waals surface area contributed by atoms with Gasteiger partial charge in [0.15, 0.2) is 0 Å². The smallest absolute Gasteiger partial charge is 0.261 e. The first-order valence-electron chi connectivity index (χ1n) is 6.74. The fraction of sp³-hybridized carbons (Fsp3) is 0.133. The van der Waals surface area contributed by atoms with Crippen LogP contribution in [0, 0.1) is 0 Å². The zero-order valence-corrected chi connectivity index (χ0v) is 13.0. The number of carbonyl (C=O) groups excluding carboxylic acids is 2. The van der Waals surface area contributed by atoms with Gasteiger partial charge in [0, 0.05) is 0 Å². The molecule has 118 valence electrons. The number of fused-ring (bicyclic) bond motifs is 1. The van der Waals surface area contributed by atoms with Crippen molar-refractivity contribution in [2.24, 2.45) is 0 Å². The van der Waals surface area contributed by atoms with E-state index in [0.717, 1.165) is 11.2 Å². The topological polar surface area (TPSA) is 96.4 Å². The highest BCUT2D eigenvalue weighted by Gasteiger charge is 2.35. The molecule has 0 radical (unpaired) electrons. The van der Waals surface area contributed by atoms with Crippen molar-refractivity contribution in [1.82, 2.24) is 9.88 Å². The molecule has 0 unspecified atom stereocenters. The average molecular weight is 331 g/mol. The number of imide groups is 1. The fourth-order valence-electron chi connectivity index (χ4n) is 2.36. The lowest BCUT2D eigenvalue weighted by molar-refractivity contribution is 0.0640. The van der Waals surface area contributed by atoms with Crippen molar-refractivity contribution in [2.75, 3.05) is 11.0 Å². The van der Waals surface area contributed by atoms with Crippen LogP contribution >= 0.6 is 0 Å². The molecular weight excluding hydrogens is 318 g/mol. The number of sulfonamides is 1. The molecule has 1 aliphatic rings. The van der Waals surface area contributed by atoms with Crippen molar-refractivity contribution in [1.29, 1.82) is 0 Å². The minimum atomic E-state index is -3.45. The summed E-state index contributed by atoms with van der Waals surface area (Å²) in [6.07, 6.45) is 1.02. The van der Waals surface area contributed by atoms with Gasteiger partial charge in [0.2, 0.25) is 10.0 Å². The summed E-state index contributed by atoms with van der Waals surface area (Å²) in [5, 5.41) is 0. The molecule has 1 aliphatic heterocycles. The zero-order chi connectivity index (χ0) is 16.6. The van der Waals surface area contributed by atoms with Crippen molar-refractivity contribution in [2.45, 2.75) is 6.54 Å². The Hall–Kier alpha value is -2.74. The van der Waals surface area contributed by atoms with E-state index in [9.17, 15) is 18.0 Å². The first kappa shape index (κ1) is 15.2. The van der Waals surface area contributed by atoms with Crippen molar-refractivity contribution in [3.05, 3.63) is 59.3 Å². The molecule has 0 aliphatic carbocycles. The fourth-order valence-corrected chi connectivity index (χ4v) is 2.85. The monoisotopic (exact) mass is 331 g/mol. The zero-order valence-electron chi connectivity index (χ0n) is 12.2. The number of amides is 2. The summed E-state index contributed by atoms with van der Waals surface area (Å²) >= 11 is 0. The van der Waals surface area contributed by atoms with Crippen LogP contribution in [0.4, 0.5) is 5.82 Å². The van der Waals surface area contributed by atoms with Crippen molar-refractivity contribution in [3.63, 3.8) is 0 Å². The number of nitrogens with one attached hydrogen (secondary N) is 1. The van der Waals surface area contributed by atoms with E-state index < -0.39 is 10.0 Å². The number of rotatable bonds is 4. The molecule has 0 saturated carbocycles. The second-order valence-electron chi connectivity index (χ2n) is 5.13. The van der Waals surface area contributed by atoms with Crippen molar-refractivity contribution in [3.8, 4) is 0 Å². The van der Waals surface area contributed by atoms with Crippen LogP contribution in [0.15, 0.2) is 42.5 Å². The standard InChI is InChI=1S/C15H13N3O4S/c1-23(21,22)17-13-8-4-5-10(16-13)9-18-14(19)11-6-2-3-7-12(11)15(18)20/h2-8H,9H2,1H3,(H,16,17). The average Bonchev–Trinajstić information content (AvgIpc) is 2.72. The third kappa shape index (κ3) is 3.07. The van der Waals surface area contributed by atoms with Gasteiger partial charge in [-0.1, -0.05) is 18.2 Å². The Morgan fingerprint density at radius 2 is 1.61 bits per heavy atom. The van der Waals surface area contributed by atoms with Crippen LogP contribution in [0.25, 0.3) is 0 Å². The Morgan fingerprint density at radius 3 is 2.17 bits per heavy atom. The highest BCUT2D eigenvalue weighted by Crippen LogP contribution is 2.24. The van der Waals surface area contributed by atoms with E-state index in [1.807, 2.05) is 0 Å². The summed E-state index contributed by atoms with van der Waals surface area (Å²) < 4.78 is 24.7. The van der Waals surface area contributed by atoms with Gasteiger partial charge in [-0.3, -0.25) is 19.2 Å². The van der Waals surface area contributed by atoms with Gasteiger partial charge in [0.1, 0.15) is 5.82 Å². The van der Waals surface area contributed by atoms with E-state index in [-0.39, 0.29) is 24.2 Å². The highest BCUT2D eigenvalue weighted by atomic mass is 32.2. The Bertz CT molecular complexity index is 873. The quantitative estimate of drug-likeness (QED) is 0.851. The molecule has 1 aromatic carbocycles. The molecule has 1 N–H and O–H groups in total. The van der Waals surface area contributed by atoms with Crippen LogP contribution in [0.5, 0.6) is 0 Å². The molecule has 0 spiro atoms. The Labute approximate surface area is 133 Å². The number of hydrogen-bond donors (Lipinski definition) is 1. The Kier molecular flexibility index (Phi) is 3.61. The maximum atomic E-state index is 12.3. The second-order valence-corrected chi connectivity index (χ2v) is 6.88. The maximum Gasteiger partial charge on any atom is 0.261 e. The normalized spacial score (nSPS) is 14.0. The first-order valence-corrected chi connectivity index (χ1v) is 8.63. The van der Waals surface area contributed by atoms with Gasteiger partial charge >= 0.3 is 0 Å². The number of pyridine rings is 1. The molecule has 8 heteroatoms. The minimum absolute atomic E-state index is 0.0222. The molecule has 2 heterocycles. The molecule has 0 fully saturated rings. The molecule has 7 nitrogen and oxygen atoms in total. The summed E-state index contributed by atoms with van der Waals surface area (Å²) in [7, 11) is -3.45. The third-order valence-corrected chi connectivity index (χ3v) is 3.87. The molecule has 23 heavy (non-hydrogen) atoms. The highest BCUT2D eigenvalue weighted by molar-refractivity contribution is 7.92. The van der Waals surface area contributed by atoms with Crippen LogP contribution in [-0.4, -0.2) is 36.4 Å².